The van der Waals surface area contributed by atoms with Gasteiger partial charge in [-0.05, 0) is 18.1 Å². The molecule has 5 heteroatoms. The Bertz CT molecular complexity index is 686. The molecule has 18 heavy (non-hydrogen) atoms. The summed E-state index contributed by atoms with van der Waals surface area (Å²) in [6, 6.07) is 3.41. The zero-order valence-electron chi connectivity index (χ0n) is 10.5. The first-order chi connectivity index (χ1) is 8.41. The zero-order chi connectivity index (χ0) is 13.4. The topological polar surface area (TPSA) is 72.2 Å². The molecule has 0 fully saturated rings. The normalized spacial score (nSPS) is 11.1. The van der Waals surface area contributed by atoms with Gasteiger partial charge >= 0.3 is 5.97 Å². The second kappa shape index (κ2) is 4.25. The monoisotopic (exact) mass is 246 g/mol. The fourth-order valence-electron chi connectivity index (χ4n) is 1.84. The predicted molar refractivity (Wildman–Crippen MR) is 68.0 cm³/mol. The quantitative estimate of drug-likeness (QED) is 0.876. The number of aryl methyl sites for hydroxylation is 1. The van der Waals surface area contributed by atoms with Crippen LogP contribution in [0.4, 0.5) is 0 Å². The number of aromatic carboxylic acids is 1. The Morgan fingerprint density at radius 3 is 2.61 bits per heavy atom. The summed E-state index contributed by atoms with van der Waals surface area (Å²) in [5, 5.41) is 9.29. The maximum Gasteiger partial charge on any atom is 0.341 e. The van der Waals surface area contributed by atoms with E-state index in [9.17, 15) is 9.59 Å². The number of carbonyl (C=O) groups is 1. The average Bonchev–Trinajstić information content (AvgIpc) is 2.32. The van der Waals surface area contributed by atoms with Crippen molar-refractivity contribution in [1.29, 1.82) is 0 Å². The van der Waals surface area contributed by atoms with E-state index in [1.165, 1.54) is 6.20 Å². The van der Waals surface area contributed by atoms with Gasteiger partial charge in [-0.25, -0.2) is 9.78 Å². The van der Waals surface area contributed by atoms with Crippen LogP contribution in [0.15, 0.2) is 23.1 Å². The molecule has 0 aliphatic heterocycles. The van der Waals surface area contributed by atoms with Crippen molar-refractivity contribution >= 4 is 17.0 Å². The second-order valence-electron chi connectivity index (χ2n) is 4.55. The highest BCUT2D eigenvalue weighted by atomic mass is 16.4. The molecule has 5 nitrogen and oxygen atoms in total. The number of nitrogens with zero attached hydrogens (tertiary/aromatic N) is 2. The van der Waals surface area contributed by atoms with E-state index in [0.717, 1.165) is 5.69 Å². The lowest BCUT2D eigenvalue weighted by molar-refractivity contribution is 0.0695. The van der Waals surface area contributed by atoms with E-state index in [4.69, 9.17) is 5.11 Å². The van der Waals surface area contributed by atoms with Crippen molar-refractivity contribution < 1.29 is 9.90 Å². The van der Waals surface area contributed by atoms with Crippen LogP contribution in [0.5, 0.6) is 0 Å². The number of carboxylic acids is 1. The second-order valence-corrected chi connectivity index (χ2v) is 4.55. The molecule has 0 radical (unpaired) electrons. The van der Waals surface area contributed by atoms with Crippen molar-refractivity contribution in [2.75, 3.05) is 0 Å². The number of rotatable bonds is 2. The zero-order valence-corrected chi connectivity index (χ0v) is 10.5. The van der Waals surface area contributed by atoms with Gasteiger partial charge in [-0.1, -0.05) is 13.8 Å². The van der Waals surface area contributed by atoms with Gasteiger partial charge in [0.05, 0.1) is 5.39 Å². The Balaban J connectivity index is 2.84. The van der Waals surface area contributed by atoms with Crippen LogP contribution in [0.3, 0.4) is 0 Å². The highest BCUT2D eigenvalue weighted by Crippen LogP contribution is 2.15. The minimum absolute atomic E-state index is 0.232. The molecule has 2 rings (SSSR count). The summed E-state index contributed by atoms with van der Waals surface area (Å²) in [7, 11) is 1.69. The largest absolute Gasteiger partial charge is 0.477 e. The van der Waals surface area contributed by atoms with Crippen LogP contribution in [0.2, 0.25) is 0 Å². The number of aromatic nitrogens is 2. The molecule has 2 aromatic rings. The van der Waals surface area contributed by atoms with Gasteiger partial charge in [-0.15, -0.1) is 0 Å². The molecule has 0 saturated heterocycles. The minimum Gasteiger partial charge on any atom is -0.477 e. The van der Waals surface area contributed by atoms with Crippen LogP contribution >= 0.6 is 0 Å². The first kappa shape index (κ1) is 12.3. The van der Waals surface area contributed by atoms with Crippen molar-refractivity contribution in [3.8, 4) is 0 Å². The first-order valence-corrected chi connectivity index (χ1v) is 5.65. The Kier molecular flexibility index (Phi) is 2.90. The van der Waals surface area contributed by atoms with Gasteiger partial charge in [-0.2, -0.15) is 0 Å². The molecule has 0 aliphatic rings. The number of fused-ring (bicyclic) bond motifs is 1. The van der Waals surface area contributed by atoms with Crippen LogP contribution in [0.25, 0.3) is 11.0 Å². The smallest absolute Gasteiger partial charge is 0.341 e. The molecular formula is C13H14N2O3. The number of hydrogen-bond donors (Lipinski definition) is 1. The summed E-state index contributed by atoms with van der Waals surface area (Å²) in [6.07, 6.45) is 1.31. The molecule has 0 unspecified atom stereocenters. The lowest BCUT2D eigenvalue weighted by Gasteiger charge is -2.09. The maximum atomic E-state index is 12.0. The van der Waals surface area contributed by atoms with Gasteiger partial charge in [0, 0.05) is 18.9 Å². The molecule has 0 aromatic carbocycles. The summed E-state index contributed by atoms with van der Waals surface area (Å²) in [6.45, 7) is 4.02. The van der Waals surface area contributed by atoms with Gasteiger partial charge in [0.25, 0.3) is 0 Å². The molecule has 0 spiro atoms. The predicted octanol–water partition coefficient (Wildman–Crippen LogP) is 1.76. The molecule has 2 aromatic heterocycles. The molecule has 0 aliphatic carbocycles. The van der Waals surface area contributed by atoms with Crippen LogP contribution in [0, 0.1) is 0 Å². The molecule has 0 saturated carbocycles. The van der Waals surface area contributed by atoms with Crippen LogP contribution < -0.4 is 5.43 Å². The molecular weight excluding hydrogens is 232 g/mol. The van der Waals surface area contributed by atoms with Gasteiger partial charge in [0.1, 0.15) is 11.2 Å². The van der Waals surface area contributed by atoms with Crippen molar-refractivity contribution in [2.45, 2.75) is 19.8 Å². The molecule has 1 N–H and O–H groups in total. The van der Waals surface area contributed by atoms with Gasteiger partial charge < -0.3 is 9.67 Å². The molecule has 0 amide bonds. The van der Waals surface area contributed by atoms with Gasteiger partial charge in [0.15, 0.2) is 0 Å². The highest BCUT2D eigenvalue weighted by Gasteiger charge is 2.14. The van der Waals surface area contributed by atoms with Crippen LogP contribution in [-0.2, 0) is 7.05 Å². The Morgan fingerprint density at radius 1 is 1.39 bits per heavy atom. The van der Waals surface area contributed by atoms with E-state index < -0.39 is 11.4 Å². The fraction of sp³-hybridized carbons (Fsp3) is 0.308. The summed E-state index contributed by atoms with van der Waals surface area (Å²) < 4.78 is 1.58. The molecule has 0 bridgehead atoms. The van der Waals surface area contributed by atoms with E-state index in [0.29, 0.717) is 11.0 Å². The van der Waals surface area contributed by atoms with Crippen molar-refractivity contribution in [3.05, 3.63) is 39.8 Å². The Hall–Kier alpha value is -2.17. The third kappa shape index (κ3) is 1.88. The Labute approximate surface area is 104 Å². The van der Waals surface area contributed by atoms with E-state index in [-0.39, 0.29) is 11.5 Å². The summed E-state index contributed by atoms with van der Waals surface area (Å²) in [5.41, 5.74) is 0.666. The molecule has 94 valence electrons. The lowest BCUT2D eigenvalue weighted by Crippen LogP contribution is -2.18. The van der Waals surface area contributed by atoms with Crippen molar-refractivity contribution in [2.24, 2.45) is 7.05 Å². The summed E-state index contributed by atoms with van der Waals surface area (Å²) >= 11 is 0. The fourth-order valence-corrected chi connectivity index (χ4v) is 1.84. The lowest BCUT2D eigenvalue weighted by atomic mass is 10.1. The van der Waals surface area contributed by atoms with E-state index in [1.807, 2.05) is 13.8 Å². The summed E-state index contributed by atoms with van der Waals surface area (Å²) in [4.78, 5) is 27.3. The number of pyridine rings is 2. The number of hydrogen-bond acceptors (Lipinski definition) is 3. The molecule has 2 heterocycles. The maximum absolute atomic E-state index is 12.0. The van der Waals surface area contributed by atoms with Crippen molar-refractivity contribution in [3.63, 3.8) is 0 Å². The minimum atomic E-state index is -1.22. The van der Waals surface area contributed by atoms with Gasteiger partial charge in [0.2, 0.25) is 5.43 Å². The first-order valence-electron chi connectivity index (χ1n) is 5.65. The van der Waals surface area contributed by atoms with Crippen LogP contribution in [0.1, 0.15) is 35.8 Å². The number of carboxylic acid groups (broad SMARTS) is 1. The SMILES string of the molecule is CC(C)c1ccc2c(=O)c(C(=O)O)cn(C)c2n1. The standard InChI is InChI=1S/C13H14N2O3/c1-7(2)10-5-4-8-11(16)9(13(17)18)6-15(3)12(8)14-10/h4-7H,1-3H3,(H,17,18). The third-order valence-electron chi connectivity index (χ3n) is 2.86. The summed E-state index contributed by atoms with van der Waals surface area (Å²) in [5.74, 6) is -0.964. The van der Waals surface area contributed by atoms with Crippen molar-refractivity contribution in [1.82, 2.24) is 9.55 Å². The molecule has 0 atom stereocenters. The average molecular weight is 246 g/mol. The van der Waals surface area contributed by atoms with E-state index in [2.05, 4.69) is 4.98 Å². The Morgan fingerprint density at radius 2 is 2.06 bits per heavy atom. The van der Waals surface area contributed by atoms with E-state index >= 15 is 0 Å². The van der Waals surface area contributed by atoms with E-state index in [1.54, 1.807) is 23.7 Å². The van der Waals surface area contributed by atoms with Crippen LogP contribution in [-0.4, -0.2) is 20.6 Å². The van der Waals surface area contributed by atoms with Gasteiger partial charge in [-0.3, -0.25) is 4.79 Å². The third-order valence-corrected chi connectivity index (χ3v) is 2.86. The highest BCUT2D eigenvalue weighted by molar-refractivity contribution is 5.91.